The van der Waals surface area contributed by atoms with Gasteiger partial charge in [0.15, 0.2) is 0 Å². The molecule has 0 spiro atoms. The molecule has 0 radical (unpaired) electrons. The molecule has 1 N–H and O–H groups in total. The fourth-order valence-corrected chi connectivity index (χ4v) is 4.31. The minimum atomic E-state index is -3.61. The second-order valence-electron chi connectivity index (χ2n) is 5.33. The number of rotatable bonds is 3. The molecule has 0 unspecified atom stereocenters. The third-order valence-corrected chi connectivity index (χ3v) is 6.62. The van der Waals surface area contributed by atoms with Crippen LogP contribution in [0.15, 0.2) is 27.6 Å². The first-order valence-electron chi connectivity index (χ1n) is 6.88. The fourth-order valence-electron chi connectivity index (χ4n) is 2.63. The van der Waals surface area contributed by atoms with E-state index >= 15 is 0 Å². The smallest absolute Gasteiger partial charge is 0.243 e. The van der Waals surface area contributed by atoms with Crippen molar-refractivity contribution in [2.24, 2.45) is 0 Å². The predicted octanol–water partition coefficient (Wildman–Crippen LogP) is 0.866. The molecule has 1 aromatic carbocycles. The number of nitrogens with zero attached hydrogens (tertiary/aromatic N) is 2. The molecule has 0 aliphatic carbocycles. The highest BCUT2D eigenvalue weighted by atomic mass is 79.9. The van der Waals surface area contributed by atoms with Gasteiger partial charge in [0, 0.05) is 45.3 Å². The molecular weight excluding hydrogens is 361 g/mol. The standard InChI is InChI=1S/C13H17BrFN3O2S/c14-12-2-1-11(7-13(12)15)21(19,20)18-5-3-17(4-6-18)10-8-16-9-10/h1-2,7,10,16H,3-6,8-9H2. The SMILES string of the molecule is O=S(=O)(c1ccc(Br)c(F)c1)N1CCN(C2CNC2)CC1. The van der Waals surface area contributed by atoms with Gasteiger partial charge in [-0.25, -0.2) is 12.8 Å². The number of halogens is 2. The predicted molar refractivity (Wildman–Crippen MR) is 81.1 cm³/mol. The highest BCUT2D eigenvalue weighted by Gasteiger charge is 2.32. The first-order chi connectivity index (χ1) is 9.98. The van der Waals surface area contributed by atoms with Crippen LogP contribution in [0.2, 0.25) is 0 Å². The van der Waals surface area contributed by atoms with E-state index in [0.717, 1.165) is 32.2 Å². The van der Waals surface area contributed by atoms with Crippen molar-refractivity contribution >= 4 is 26.0 Å². The largest absolute Gasteiger partial charge is 0.314 e. The Morgan fingerprint density at radius 3 is 2.38 bits per heavy atom. The van der Waals surface area contributed by atoms with E-state index in [1.165, 1.54) is 16.4 Å². The highest BCUT2D eigenvalue weighted by Crippen LogP contribution is 2.23. The van der Waals surface area contributed by atoms with Gasteiger partial charge in [-0.15, -0.1) is 0 Å². The Morgan fingerprint density at radius 2 is 1.86 bits per heavy atom. The quantitative estimate of drug-likeness (QED) is 0.848. The summed E-state index contributed by atoms with van der Waals surface area (Å²) in [6.45, 7) is 4.32. The summed E-state index contributed by atoms with van der Waals surface area (Å²) in [5.41, 5.74) is 0. The lowest BCUT2D eigenvalue weighted by Crippen LogP contribution is -2.62. The maximum Gasteiger partial charge on any atom is 0.243 e. The zero-order valence-corrected chi connectivity index (χ0v) is 13.8. The number of piperazine rings is 1. The van der Waals surface area contributed by atoms with Crippen LogP contribution >= 0.6 is 15.9 Å². The maximum atomic E-state index is 13.6. The molecule has 0 amide bonds. The molecule has 2 aliphatic heterocycles. The molecule has 5 nitrogen and oxygen atoms in total. The lowest BCUT2D eigenvalue weighted by atomic mass is 10.1. The normalized spacial score (nSPS) is 22.2. The number of benzene rings is 1. The van der Waals surface area contributed by atoms with Crippen LogP contribution in [-0.2, 0) is 10.0 Å². The van der Waals surface area contributed by atoms with Crippen LogP contribution in [0, 0.1) is 5.82 Å². The van der Waals surface area contributed by atoms with Crippen molar-refractivity contribution in [2.45, 2.75) is 10.9 Å². The summed E-state index contributed by atoms with van der Waals surface area (Å²) >= 11 is 3.03. The fraction of sp³-hybridized carbons (Fsp3) is 0.538. The van der Waals surface area contributed by atoms with Gasteiger partial charge in [0.25, 0.3) is 0 Å². The summed E-state index contributed by atoms with van der Waals surface area (Å²) in [7, 11) is -3.61. The van der Waals surface area contributed by atoms with E-state index in [4.69, 9.17) is 0 Å². The van der Waals surface area contributed by atoms with Gasteiger partial charge in [-0.3, -0.25) is 4.90 Å². The minimum Gasteiger partial charge on any atom is -0.314 e. The zero-order chi connectivity index (χ0) is 15.0. The number of nitrogens with one attached hydrogen (secondary N) is 1. The van der Waals surface area contributed by atoms with Crippen molar-refractivity contribution in [1.82, 2.24) is 14.5 Å². The first-order valence-corrected chi connectivity index (χ1v) is 9.12. The van der Waals surface area contributed by atoms with Crippen molar-refractivity contribution in [1.29, 1.82) is 0 Å². The molecule has 0 bridgehead atoms. The van der Waals surface area contributed by atoms with E-state index < -0.39 is 15.8 Å². The average Bonchev–Trinajstić information content (AvgIpc) is 2.40. The van der Waals surface area contributed by atoms with Gasteiger partial charge >= 0.3 is 0 Å². The molecule has 1 aromatic rings. The molecule has 2 aliphatic rings. The first kappa shape index (κ1) is 15.4. The molecule has 2 heterocycles. The Hall–Kier alpha value is -0.540. The zero-order valence-electron chi connectivity index (χ0n) is 11.4. The summed E-state index contributed by atoms with van der Waals surface area (Å²) < 4.78 is 40.3. The monoisotopic (exact) mass is 377 g/mol. The number of sulfonamides is 1. The molecule has 2 saturated heterocycles. The van der Waals surface area contributed by atoms with E-state index in [2.05, 4.69) is 26.1 Å². The molecule has 0 saturated carbocycles. The van der Waals surface area contributed by atoms with Crippen molar-refractivity contribution in [3.63, 3.8) is 0 Å². The van der Waals surface area contributed by atoms with E-state index in [1.54, 1.807) is 0 Å². The molecule has 21 heavy (non-hydrogen) atoms. The van der Waals surface area contributed by atoms with Crippen LogP contribution in [0.25, 0.3) is 0 Å². The Morgan fingerprint density at radius 1 is 1.19 bits per heavy atom. The van der Waals surface area contributed by atoms with E-state index in [0.29, 0.717) is 19.1 Å². The third kappa shape index (κ3) is 3.00. The number of hydrogen-bond donors (Lipinski definition) is 1. The molecule has 2 fully saturated rings. The van der Waals surface area contributed by atoms with Gasteiger partial charge in [-0.2, -0.15) is 4.31 Å². The Labute approximate surface area is 132 Å². The molecular formula is C13H17BrFN3O2S. The molecule has 0 atom stereocenters. The summed E-state index contributed by atoms with van der Waals surface area (Å²) in [5.74, 6) is -0.560. The molecule has 8 heteroatoms. The average molecular weight is 378 g/mol. The molecule has 0 aromatic heterocycles. The minimum absolute atomic E-state index is 0.0157. The van der Waals surface area contributed by atoms with Crippen LogP contribution in [0.1, 0.15) is 0 Å². The van der Waals surface area contributed by atoms with Crippen molar-refractivity contribution in [3.8, 4) is 0 Å². The highest BCUT2D eigenvalue weighted by molar-refractivity contribution is 9.10. The second-order valence-corrected chi connectivity index (χ2v) is 8.12. The third-order valence-electron chi connectivity index (χ3n) is 4.08. The lowest BCUT2D eigenvalue weighted by molar-refractivity contribution is 0.103. The topological polar surface area (TPSA) is 52.7 Å². The van der Waals surface area contributed by atoms with Crippen molar-refractivity contribution in [2.75, 3.05) is 39.3 Å². The van der Waals surface area contributed by atoms with Crippen molar-refractivity contribution in [3.05, 3.63) is 28.5 Å². The van der Waals surface area contributed by atoms with Crippen LogP contribution in [0.3, 0.4) is 0 Å². The lowest BCUT2D eigenvalue weighted by Gasteiger charge is -2.42. The summed E-state index contributed by atoms with van der Waals surface area (Å²) in [5, 5.41) is 3.22. The Balaban J connectivity index is 1.72. The summed E-state index contributed by atoms with van der Waals surface area (Å²) in [4.78, 5) is 2.33. The summed E-state index contributed by atoms with van der Waals surface area (Å²) in [6.07, 6.45) is 0. The number of hydrogen-bond acceptors (Lipinski definition) is 4. The molecule has 3 rings (SSSR count). The van der Waals surface area contributed by atoms with Crippen LogP contribution in [0.4, 0.5) is 4.39 Å². The van der Waals surface area contributed by atoms with Crippen LogP contribution in [-0.4, -0.2) is 62.9 Å². The molecule has 116 valence electrons. The van der Waals surface area contributed by atoms with Gasteiger partial charge in [-0.05, 0) is 34.1 Å². The van der Waals surface area contributed by atoms with Crippen molar-refractivity contribution < 1.29 is 12.8 Å². The van der Waals surface area contributed by atoms with Gasteiger partial charge in [0.05, 0.1) is 9.37 Å². The van der Waals surface area contributed by atoms with Crippen LogP contribution < -0.4 is 5.32 Å². The maximum absolute atomic E-state index is 13.6. The second kappa shape index (κ2) is 5.92. The Bertz CT molecular complexity index is 628. The van der Waals surface area contributed by atoms with Crippen LogP contribution in [0.5, 0.6) is 0 Å². The van der Waals surface area contributed by atoms with Gasteiger partial charge in [-0.1, -0.05) is 0 Å². The van der Waals surface area contributed by atoms with E-state index in [1.807, 2.05) is 0 Å². The summed E-state index contributed by atoms with van der Waals surface area (Å²) in [6, 6.07) is 4.46. The van der Waals surface area contributed by atoms with Gasteiger partial charge in [0.2, 0.25) is 10.0 Å². The Kier molecular flexibility index (Phi) is 4.33. The van der Waals surface area contributed by atoms with Gasteiger partial charge in [0.1, 0.15) is 5.82 Å². The van der Waals surface area contributed by atoms with E-state index in [9.17, 15) is 12.8 Å². The van der Waals surface area contributed by atoms with E-state index in [-0.39, 0.29) is 9.37 Å². The van der Waals surface area contributed by atoms with Gasteiger partial charge < -0.3 is 5.32 Å².